The number of rotatable bonds is 2. The molecule has 16 heavy (non-hydrogen) atoms. The van der Waals surface area contributed by atoms with Gasteiger partial charge >= 0.3 is 0 Å². The van der Waals surface area contributed by atoms with E-state index in [0.717, 1.165) is 0 Å². The summed E-state index contributed by atoms with van der Waals surface area (Å²) in [6, 6.07) is 1.51. The summed E-state index contributed by atoms with van der Waals surface area (Å²) in [5.41, 5.74) is -0.117. The highest BCUT2D eigenvalue weighted by Gasteiger charge is 2.17. The predicted molar refractivity (Wildman–Crippen MR) is 64.3 cm³/mol. The first kappa shape index (κ1) is 11.3. The van der Waals surface area contributed by atoms with Crippen molar-refractivity contribution in [1.82, 2.24) is 9.97 Å². The molecule has 0 atom stereocenters. The average molecular weight is 241 g/mol. The van der Waals surface area contributed by atoms with Crippen molar-refractivity contribution in [2.45, 2.75) is 13.3 Å². The van der Waals surface area contributed by atoms with Crippen LogP contribution in [-0.4, -0.2) is 38.8 Å². The van der Waals surface area contributed by atoms with Crippen molar-refractivity contribution in [2.24, 2.45) is 0 Å². The molecule has 2 heterocycles. The molecule has 2 rings (SSSR count). The number of nitrogens with one attached hydrogen (secondary N) is 1. The molecule has 1 fully saturated rings. The molecule has 0 bridgehead atoms. The van der Waals surface area contributed by atoms with Crippen molar-refractivity contribution in [3.05, 3.63) is 22.2 Å². The smallest absolute Gasteiger partial charge is 0.252 e. The highest BCUT2D eigenvalue weighted by molar-refractivity contribution is 7.85. The number of aromatic amines is 1. The van der Waals surface area contributed by atoms with Crippen LogP contribution in [0.15, 0.2) is 10.9 Å². The van der Waals surface area contributed by atoms with Gasteiger partial charge in [0, 0.05) is 47.9 Å². The molecular formula is C10H15N3O2S. The fraction of sp³-hybridized carbons (Fsp3) is 0.600. The highest BCUT2D eigenvalue weighted by atomic mass is 32.2. The van der Waals surface area contributed by atoms with E-state index in [9.17, 15) is 9.00 Å². The number of hydrogen-bond acceptors (Lipinski definition) is 4. The van der Waals surface area contributed by atoms with Gasteiger partial charge in [0.15, 0.2) is 0 Å². The van der Waals surface area contributed by atoms with Crippen molar-refractivity contribution in [3.8, 4) is 0 Å². The Morgan fingerprint density at radius 3 is 2.81 bits per heavy atom. The summed E-state index contributed by atoms with van der Waals surface area (Å²) in [6.07, 6.45) is 0.711. The van der Waals surface area contributed by atoms with Crippen molar-refractivity contribution in [2.75, 3.05) is 29.5 Å². The van der Waals surface area contributed by atoms with Crippen molar-refractivity contribution in [1.29, 1.82) is 0 Å². The van der Waals surface area contributed by atoms with Gasteiger partial charge in [0.2, 0.25) is 0 Å². The molecule has 0 saturated carbocycles. The number of hydrogen-bond donors (Lipinski definition) is 1. The first-order valence-corrected chi connectivity index (χ1v) is 6.88. The van der Waals surface area contributed by atoms with Crippen LogP contribution in [0.5, 0.6) is 0 Å². The Morgan fingerprint density at radius 1 is 1.50 bits per heavy atom. The largest absolute Gasteiger partial charge is 0.355 e. The normalized spacial score (nSPS) is 17.7. The van der Waals surface area contributed by atoms with E-state index in [4.69, 9.17) is 0 Å². The first-order chi connectivity index (χ1) is 7.69. The quantitative estimate of drug-likeness (QED) is 0.785. The second-order valence-corrected chi connectivity index (χ2v) is 5.44. The SMILES string of the molecule is CCc1nc(N2CCS(=O)CC2)cc(=O)[nH]1. The Morgan fingerprint density at radius 2 is 2.19 bits per heavy atom. The second kappa shape index (κ2) is 4.78. The summed E-state index contributed by atoms with van der Waals surface area (Å²) in [6.45, 7) is 3.38. The predicted octanol–water partition coefficient (Wildman–Crippen LogP) is -0.0990. The first-order valence-electron chi connectivity index (χ1n) is 5.39. The number of aromatic nitrogens is 2. The fourth-order valence-corrected chi connectivity index (χ4v) is 2.74. The minimum absolute atomic E-state index is 0.117. The van der Waals surface area contributed by atoms with E-state index in [1.54, 1.807) is 0 Å². The van der Waals surface area contributed by atoms with Crippen molar-refractivity contribution < 1.29 is 4.21 Å². The highest BCUT2D eigenvalue weighted by Crippen LogP contribution is 2.11. The van der Waals surface area contributed by atoms with E-state index in [1.807, 2.05) is 11.8 Å². The molecule has 1 saturated heterocycles. The van der Waals surface area contributed by atoms with E-state index < -0.39 is 10.8 Å². The van der Waals surface area contributed by atoms with E-state index in [0.29, 0.717) is 42.7 Å². The lowest BCUT2D eigenvalue weighted by Gasteiger charge is -2.27. The van der Waals surface area contributed by atoms with E-state index >= 15 is 0 Å². The Bertz CT molecular complexity index is 448. The Balaban J connectivity index is 2.23. The molecule has 0 radical (unpaired) electrons. The number of anilines is 1. The standard InChI is InChI=1S/C10H15N3O2S/c1-2-8-11-9(7-10(14)12-8)13-3-5-16(15)6-4-13/h7H,2-6H2,1H3,(H,11,12,14). The van der Waals surface area contributed by atoms with E-state index in [2.05, 4.69) is 9.97 Å². The van der Waals surface area contributed by atoms with Gasteiger partial charge in [0.1, 0.15) is 11.6 Å². The van der Waals surface area contributed by atoms with Crippen molar-refractivity contribution in [3.63, 3.8) is 0 Å². The van der Waals surface area contributed by atoms with Crippen LogP contribution in [0.1, 0.15) is 12.7 Å². The lowest BCUT2D eigenvalue weighted by atomic mass is 10.4. The molecule has 0 amide bonds. The van der Waals surface area contributed by atoms with Crippen LogP contribution in [0.3, 0.4) is 0 Å². The van der Waals surface area contributed by atoms with Crippen LogP contribution in [0.4, 0.5) is 5.82 Å². The van der Waals surface area contributed by atoms with Crippen LogP contribution in [-0.2, 0) is 17.2 Å². The average Bonchev–Trinajstić information content (AvgIpc) is 2.29. The van der Waals surface area contributed by atoms with Crippen molar-refractivity contribution >= 4 is 16.6 Å². The molecule has 1 aliphatic heterocycles. The summed E-state index contributed by atoms with van der Waals surface area (Å²) in [4.78, 5) is 20.5. The van der Waals surface area contributed by atoms with E-state index in [-0.39, 0.29) is 5.56 Å². The Hall–Kier alpha value is -1.17. The number of aryl methyl sites for hydroxylation is 1. The van der Waals surface area contributed by atoms with Gasteiger partial charge in [-0.05, 0) is 0 Å². The van der Waals surface area contributed by atoms with Gasteiger partial charge in [-0.15, -0.1) is 0 Å². The third-order valence-corrected chi connectivity index (χ3v) is 3.89. The zero-order valence-corrected chi connectivity index (χ0v) is 10.0. The second-order valence-electron chi connectivity index (χ2n) is 3.74. The summed E-state index contributed by atoms with van der Waals surface area (Å²) >= 11 is 0. The lowest BCUT2D eigenvalue weighted by molar-refractivity contribution is 0.672. The molecule has 0 aliphatic carbocycles. The molecule has 1 aromatic rings. The van der Waals surface area contributed by atoms with Crippen LogP contribution >= 0.6 is 0 Å². The molecule has 0 unspecified atom stereocenters. The van der Waals surface area contributed by atoms with E-state index in [1.165, 1.54) is 6.07 Å². The molecule has 88 valence electrons. The van der Waals surface area contributed by atoms with Gasteiger partial charge in [-0.3, -0.25) is 9.00 Å². The molecule has 6 heteroatoms. The zero-order chi connectivity index (χ0) is 11.5. The third kappa shape index (κ3) is 2.49. The lowest BCUT2D eigenvalue weighted by Crippen LogP contribution is -2.39. The van der Waals surface area contributed by atoms with Gasteiger partial charge < -0.3 is 9.88 Å². The molecule has 0 spiro atoms. The molecule has 5 nitrogen and oxygen atoms in total. The summed E-state index contributed by atoms with van der Waals surface area (Å²) < 4.78 is 11.2. The maximum Gasteiger partial charge on any atom is 0.252 e. The van der Waals surface area contributed by atoms with Gasteiger partial charge in [-0.25, -0.2) is 4.98 Å². The summed E-state index contributed by atoms with van der Waals surface area (Å²) in [7, 11) is -0.703. The third-order valence-electron chi connectivity index (χ3n) is 2.61. The van der Waals surface area contributed by atoms with Gasteiger partial charge in [0.05, 0.1) is 0 Å². The van der Waals surface area contributed by atoms with Crippen LogP contribution in [0.25, 0.3) is 0 Å². The van der Waals surface area contributed by atoms with Gasteiger partial charge in [0.25, 0.3) is 5.56 Å². The van der Waals surface area contributed by atoms with Crippen LogP contribution in [0, 0.1) is 0 Å². The summed E-state index contributed by atoms with van der Waals surface area (Å²) in [5.74, 6) is 2.73. The minimum Gasteiger partial charge on any atom is -0.355 e. The monoisotopic (exact) mass is 241 g/mol. The van der Waals surface area contributed by atoms with Crippen LogP contribution in [0.2, 0.25) is 0 Å². The number of H-pyrrole nitrogens is 1. The Kier molecular flexibility index (Phi) is 3.38. The molecule has 1 aliphatic rings. The van der Waals surface area contributed by atoms with Gasteiger partial charge in [-0.1, -0.05) is 6.92 Å². The van der Waals surface area contributed by atoms with Crippen LogP contribution < -0.4 is 10.5 Å². The minimum atomic E-state index is -0.703. The molecule has 0 aromatic carbocycles. The molecule has 1 N–H and O–H groups in total. The maximum atomic E-state index is 11.4. The maximum absolute atomic E-state index is 11.4. The van der Waals surface area contributed by atoms with Gasteiger partial charge in [-0.2, -0.15) is 0 Å². The summed E-state index contributed by atoms with van der Waals surface area (Å²) in [5, 5.41) is 0. The molecule has 1 aromatic heterocycles. The Labute approximate surface area is 96.4 Å². The molecular weight excluding hydrogens is 226 g/mol. The topological polar surface area (TPSA) is 66.1 Å². The number of nitrogens with zero attached hydrogens (tertiary/aromatic N) is 2. The zero-order valence-electron chi connectivity index (χ0n) is 9.23. The fourth-order valence-electron chi connectivity index (χ4n) is 1.69.